The molecule has 0 heterocycles. The SMILES string of the molecule is CC1=C(/C=C/C(C)=C/C=C/C(C)=C/C=C/C=C(C)/C=C/C=C(C)/C=C/C2=CC(=O)CCC2(C)C)C(C)(C)CCC1=O. The fraction of sp³-hybridized carbons (Fsp3) is 0.385. The molecule has 2 nitrogen and oxygen atoms in total. The van der Waals surface area contributed by atoms with Gasteiger partial charge in [-0.15, -0.1) is 0 Å². The Labute approximate surface area is 249 Å². The van der Waals surface area contributed by atoms with E-state index in [1.807, 2.05) is 6.92 Å². The van der Waals surface area contributed by atoms with Crippen molar-refractivity contribution in [2.75, 3.05) is 0 Å². The van der Waals surface area contributed by atoms with Gasteiger partial charge in [-0.2, -0.15) is 0 Å². The first-order valence-electron chi connectivity index (χ1n) is 14.8. The summed E-state index contributed by atoms with van der Waals surface area (Å²) in [6, 6.07) is 0. The Morgan fingerprint density at radius 1 is 0.634 bits per heavy atom. The average Bonchev–Trinajstić information content (AvgIpc) is 2.89. The van der Waals surface area contributed by atoms with E-state index in [0.717, 1.165) is 51.9 Å². The molecule has 0 radical (unpaired) electrons. The third-order valence-electron chi connectivity index (χ3n) is 7.93. The molecule has 2 rings (SSSR count). The molecule has 2 aliphatic carbocycles. The Morgan fingerprint density at radius 2 is 1.10 bits per heavy atom. The lowest BCUT2D eigenvalue weighted by Crippen LogP contribution is -2.24. The van der Waals surface area contributed by atoms with E-state index in [1.54, 1.807) is 6.08 Å². The van der Waals surface area contributed by atoms with Gasteiger partial charge in [-0.1, -0.05) is 135 Å². The number of ketones is 2. The molecule has 0 amide bonds. The van der Waals surface area contributed by atoms with E-state index in [2.05, 4.69) is 140 Å². The molecule has 0 aliphatic heterocycles. The van der Waals surface area contributed by atoms with Crippen molar-refractivity contribution < 1.29 is 9.59 Å². The van der Waals surface area contributed by atoms with E-state index in [9.17, 15) is 9.59 Å². The maximum absolute atomic E-state index is 12.1. The highest BCUT2D eigenvalue weighted by Gasteiger charge is 2.30. The highest BCUT2D eigenvalue weighted by Crippen LogP contribution is 2.39. The number of hydrogen-bond acceptors (Lipinski definition) is 2. The van der Waals surface area contributed by atoms with Crippen molar-refractivity contribution in [1.29, 1.82) is 0 Å². The van der Waals surface area contributed by atoms with Crippen LogP contribution >= 0.6 is 0 Å². The van der Waals surface area contributed by atoms with Gasteiger partial charge >= 0.3 is 0 Å². The minimum Gasteiger partial charge on any atom is -0.295 e. The molecule has 0 aromatic rings. The minimum atomic E-state index is 0.0411. The topological polar surface area (TPSA) is 34.1 Å². The molecule has 2 aliphatic rings. The zero-order chi connectivity index (χ0) is 30.6. The zero-order valence-corrected chi connectivity index (χ0v) is 26.8. The molecule has 0 aromatic heterocycles. The lowest BCUT2D eigenvalue weighted by molar-refractivity contribution is -0.117. The summed E-state index contributed by atoms with van der Waals surface area (Å²) >= 11 is 0. The summed E-state index contributed by atoms with van der Waals surface area (Å²) in [7, 11) is 0. The quantitative estimate of drug-likeness (QED) is 0.254. The van der Waals surface area contributed by atoms with Gasteiger partial charge in [-0.3, -0.25) is 9.59 Å². The Morgan fingerprint density at radius 3 is 1.66 bits per heavy atom. The van der Waals surface area contributed by atoms with Crippen LogP contribution in [0.4, 0.5) is 0 Å². The third kappa shape index (κ3) is 11.5. The van der Waals surface area contributed by atoms with Crippen molar-refractivity contribution >= 4 is 11.6 Å². The number of allylic oxidation sites excluding steroid dienone is 22. The van der Waals surface area contributed by atoms with Crippen molar-refractivity contribution in [3.8, 4) is 0 Å². The smallest absolute Gasteiger partial charge is 0.158 e. The van der Waals surface area contributed by atoms with Gasteiger partial charge in [-0.25, -0.2) is 0 Å². The maximum atomic E-state index is 12.1. The van der Waals surface area contributed by atoms with E-state index >= 15 is 0 Å². The summed E-state index contributed by atoms with van der Waals surface area (Å²) in [5, 5.41) is 0. The van der Waals surface area contributed by atoms with E-state index in [1.165, 1.54) is 0 Å². The van der Waals surface area contributed by atoms with E-state index in [4.69, 9.17) is 0 Å². The molecule has 0 saturated carbocycles. The average molecular weight is 551 g/mol. The van der Waals surface area contributed by atoms with Crippen LogP contribution in [0.5, 0.6) is 0 Å². The standard InChI is InChI=1S/C39H50O2/c1-29(16-12-18-31(3)20-22-34-28-35(40)24-26-38(34,6)7)14-10-11-15-30(2)17-13-19-32(4)21-23-36-33(5)37(41)25-27-39(36,8)9/h10-23,28H,24-27H2,1-9H3/b11-10+,16-12+,17-13+,22-20+,23-21+,29-14+,30-15+,31-18+,32-19+. The summed E-state index contributed by atoms with van der Waals surface area (Å²) in [6.07, 6.45) is 34.1. The normalized spacial score (nSPS) is 21.5. The fourth-order valence-electron chi connectivity index (χ4n) is 4.83. The molecular formula is C39H50O2. The lowest BCUT2D eigenvalue weighted by Gasteiger charge is -2.32. The first-order valence-corrected chi connectivity index (χ1v) is 14.8. The molecule has 0 atom stereocenters. The van der Waals surface area contributed by atoms with Crippen molar-refractivity contribution in [3.63, 3.8) is 0 Å². The van der Waals surface area contributed by atoms with Crippen LogP contribution in [0.3, 0.4) is 0 Å². The van der Waals surface area contributed by atoms with Crippen LogP contribution in [0.1, 0.15) is 88.0 Å². The Balaban J connectivity index is 1.90. The molecule has 218 valence electrons. The molecule has 0 bridgehead atoms. The second-order valence-electron chi connectivity index (χ2n) is 12.7. The maximum Gasteiger partial charge on any atom is 0.158 e. The van der Waals surface area contributed by atoms with Crippen LogP contribution in [0.25, 0.3) is 0 Å². The van der Waals surface area contributed by atoms with Crippen molar-refractivity contribution in [2.24, 2.45) is 10.8 Å². The van der Waals surface area contributed by atoms with Crippen molar-refractivity contribution in [2.45, 2.75) is 88.0 Å². The highest BCUT2D eigenvalue weighted by atomic mass is 16.1. The van der Waals surface area contributed by atoms with Gasteiger partial charge in [-0.05, 0) is 81.1 Å². The summed E-state index contributed by atoms with van der Waals surface area (Å²) in [5.74, 6) is 0.496. The number of rotatable bonds is 10. The van der Waals surface area contributed by atoms with Gasteiger partial charge in [0.2, 0.25) is 0 Å². The molecule has 0 aromatic carbocycles. The van der Waals surface area contributed by atoms with Gasteiger partial charge < -0.3 is 0 Å². The summed E-state index contributed by atoms with van der Waals surface area (Å²) < 4.78 is 0. The van der Waals surface area contributed by atoms with E-state index in [-0.39, 0.29) is 22.4 Å². The predicted octanol–water partition coefficient (Wildman–Crippen LogP) is 10.6. The Hall–Kier alpha value is -3.52. The second-order valence-corrected chi connectivity index (χ2v) is 12.7. The predicted molar refractivity (Wildman–Crippen MR) is 178 cm³/mol. The molecule has 0 fully saturated rings. The summed E-state index contributed by atoms with van der Waals surface area (Å²) in [6.45, 7) is 19.1. The first kappa shape index (κ1) is 33.7. The first-order chi connectivity index (χ1) is 19.2. The Kier molecular flexibility index (Phi) is 12.7. The van der Waals surface area contributed by atoms with Crippen LogP contribution in [-0.4, -0.2) is 11.6 Å². The molecule has 2 heteroatoms. The van der Waals surface area contributed by atoms with Gasteiger partial charge in [0.1, 0.15) is 0 Å². The summed E-state index contributed by atoms with van der Waals surface area (Å²) in [4.78, 5) is 23.9. The van der Waals surface area contributed by atoms with Crippen molar-refractivity contribution in [1.82, 2.24) is 0 Å². The fourth-order valence-corrected chi connectivity index (χ4v) is 4.83. The van der Waals surface area contributed by atoms with Crippen LogP contribution in [-0.2, 0) is 9.59 Å². The molecule has 41 heavy (non-hydrogen) atoms. The second kappa shape index (κ2) is 15.5. The Bertz CT molecular complexity index is 1330. The molecular weight excluding hydrogens is 500 g/mol. The van der Waals surface area contributed by atoms with Crippen LogP contribution < -0.4 is 0 Å². The monoisotopic (exact) mass is 550 g/mol. The number of carbonyl (C=O) groups excluding carboxylic acids is 2. The third-order valence-corrected chi connectivity index (χ3v) is 7.93. The van der Waals surface area contributed by atoms with Crippen LogP contribution in [0, 0.1) is 10.8 Å². The minimum absolute atomic E-state index is 0.0411. The van der Waals surface area contributed by atoms with Crippen LogP contribution in [0.2, 0.25) is 0 Å². The molecule has 0 unspecified atom stereocenters. The molecule has 0 spiro atoms. The number of Topliss-reactive ketones (excluding diaryl/α,β-unsaturated/α-hetero) is 1. The number of hydrogen-bond donors (Lipinski definition) is 0. The van der Waals surface area contributed by atoms with Crippen molar-refractivity contribution in [3.05, 3.63) is 130 Å². The van der Waals surface area contributed by atoms with Crippen LogP contribution in [0.15, 0.2) is 130 Å². The largest absolute Gasteiger partial charge is 0.295 e. The number of carbonyl (C=O) groups is 2. The van der Waals surface area contributed by atoms with Gasteiger partial charge in [0.25, 0.3) is 0 Å². The van der Waals surface area contributed by atoms with Gasteiger partial charge in [0, 0.05) is 12.8 Å². The van der Waals surface area contributed by atoms with Gasteiger partial charge in [0.15, 0.2) is 11.6 Å². The molecule has 0 saturated heterocycles. The van der Waals surface area contributed by atoms with E-state index in [0.29, 0.717) is 12.8 Å². The summed E-state index contributed by atoms with van der Waals surface area (Å²) in [5.41, 5.74) is 7.88. The molecule has 0 N–H and O–H groups in total. The van der Waals surface area contributed by atoms with E-state index < -0.39 is 0 Å². The highest BCUT2D eigenvalue weighted by molar-refractivity contribution is 5.97. The lowest BCUT2D eigenvalue weighted by atomic mass is 9.72. The zero-order valence-electron chi connectivity index (χ0n) is 26.8. The van der Waals surface area contributed by atoms with Gasteiger partial charge in [0.05, 0.1) is 0 Å².